The van der Waals surface area contributed by atoms with Gasteiger partial charge in [0.2, 0.25) is 0 Å². The molecule has 0 unspecified atom stereocenters. The van der Waals surface area contributed by atoms with E-state index in [1.165, 1.54) is 32.1 Å². The fraction of sp³-hybridized carbons (Fsp3) is 0.458. The van der Waals surface area contributed by atoms with Crippen LogP contribution in [-0.2, 0) is 0 Å². The van der Waals surface area contributed by atoms with E-state index in [2.05, 4.69) is 4.90 Å². The number of carbonyl (C=O) groups is 1. The molecule has 28 heavy (non-hydrogen) atoms. The molecule has 2 aliphatic rings. The van der Waals surface area contributed by atoms with Crippen LogP contribution in [0.1, 0.15) is 48.9 Å². The van der Waals surface area contributed by atoms with Gasteiger partial charge >= 0.3 is 0 Å². The number of nitrogens with zero attached hydrogens (tertiary/aromatic N) is 2. The molecule has 0 spiro atoms. The molecule has 1 N–H and O–H groups in total. The van der Waals surface area contributed by atoms with E-state index in [4.69, 9.17) is 0 Å². The molecule has 2 fully saturated rings. The Labute approximate surface area is 167 Å². The number of phenols is 1. The maximum absolute atomic E-state index is 13.0. The summed E-state index contributed by atoms with van der Waals surface area (Å²) in [7, 11) is 0. The third kappa shape index (κ3) is 4.39. The molecular formula is C24H30N2O2. The standard InChI is InChI=1S/C24H30N2O2/c27-23-9-4-6-21(18-23)19-10-12-20(13-11-19)24(28)26-15-5-14-25(16-17-26)22-7-2-1-3-8-22/h4,6,9-13,18,22,27H,1-3,5,7-8,14-17H2. The van der Waals surface area contributed by atoms with Crippen molar-refractivity contribution in [2.75, 3.05) is 26.2 Å². The van der Waals surface area contributed by atoms with Crippen molar-refractivity contribution in [3.05, 3.63) is 54.1 Å². The molecule has 1 amide bonds. The van der Waals surface area contributed by atoms with E-state index in [1.807, 2.05) is 41.3 Å². The van der Waals surface area contributed by atoms with Crippen LogP contribution in [0.15, 0.2) is 48.5 Å². The third-order valence-electron chi connectivity index (χ3n) is 6.22. The molecule has 1 aliphatic heterocycles. The molecule has 1 aliphatic carbocycles. The first kappa shape index (κ1) is 19.0. The van der Waals surface area contributed by atoms with Gasteiger partial charge < -0.3 is 10.0 Å². The molecule has 0 atom stereocenters. The molecule has 0 aromatic heterocycles. The quantitative estimate of drug-likeness (QED) is 0.853. The zero-order valence-corrected chi connectivity index (χ0v) is 16.5. The number of hydrogen-bond acceptors (Lipinski definition) is 3. The van der Waals surface area contributed by atoms with Gasteiger partial charge in [0.05, 0.1) is 0 Å². The predicted molar refractivity (Wildman–Crippen MR) is 113 cm³/mol. The second-order valence-corrected chi connectivity index (χ2v) is 8.10. The van der Waals surface area contributed by atoms with Gasteiger partial charge in [-0.05, 0) is 54.7 Å². The number of amides is 1. The van der Waals surface area contributed by atoms with E-state index < -0.39 is 0 Å². The SMILES string of the molecule is O=C(c1ccc(-c2cccc(O)c2)cc1)N1CCCN(C2CCCCC2)CC1. The predicted octanol–water partition coefficient (Wildman–Crippen LogP) is 4.54. The lowest BCUT2D eigenvalue weighted by atomic mass is 9.94. The Balaban J connectivity index is 1.40. The lowest BCUT2D eigenvalue weighted by Gasteiger charge is -2.33. The molecular weight excluding hydrogens is 348 g/mol. The molecule has 2 aromatic rings. The van der Waals surface area contributed by atoms with Crippen molar-refractivity contribution in [2.45, 2.75) is 44.6 Å². The second-order valence-electron chi connectivity index (χ2n) is 8.10. The van der Waals surface area contributed by atoms with Crippen LogP contribution in [0, 0.1) is 0 Å². The maximum Gasteiger partial charge on any atom is 0.253 e. The summed E-state index contributed by atoms with van der Waals surface area (Å²) in [6.45, 7) is 3.78. The average Bonchev–Trinajstić information content (AvgIpc) is 3.00. The van der Waals surface area contributed by atoms with Gasteiger partial charge in [-0.3, -0.25) is 9.69 Å². The Kier molecular flexibility index (Phi) is 5.96. The average molecular weight is 379 g/mol. The number of rotatable bonds is 3. The van der Waals surface area contributed by atoms with E-state index in [0.29, 0.717) is 0 Å². The van der Waals surface area contributed by atoms with Crippen LogP contribution < -0.4 is 0 Å². The van der Waals surface area contributed by atoms with E-state index in [9.17, 15) is 9.90 Å². The maximum atomic E-state index is 13.0. The van der Waals surface area contributed by atoms with Gasteiger partial charge in [0.15, 0.2) is 0 Å². The molecule has 148 valence electrons. The Hall–Kier alpha value is -2.33. The molecule has 1 saturated heterocycles. The molecule has 1 heterocycles. The lowest BCUT2D eigenvalue weighted by Crippen LogP contribution is -2.40. The highest BCUT2D eigenvalue weighted by Gasteiger charge is 2.25. The van der Waals surface area contributed by atoms with Gasteiger partial charge in [0.25, 0.3) is 5.91 Å². The topological polar surface area (TPSA) is 43.8 Å². The van der Waals surface area contributed by atoms with Crippen LogP contribution >= 0.6 is 0 Å². The molecule has 0 bridgehead atoms. The number of phenolic OH excluding ortho intramolecular Hbond substituents is 1. The van der Waals surface area contributed by atoms with E-state index in [-0.39, 0.29) is 11.7 Å². The highest BCUT2D eigenvalue weighted by atomic mass is 16.3. The first-order chi connectivity index (χ1) is 13.7. The first-order valence-corrected chi connectivity index (χ1v) is 10.6. The van der Waals surface area contributed by atoms with Crippen molar-refractivity contribution >= 4 is 5.91 Å². The Morgan fingerprint density at radius 3 is 2.36 bits per heavy atom. The normalized spacial score (nSPS) is 19.4. The van der Waals surface area contributed by atoms with Crippen LogP contribution in [0.3, 0.4) is 0 Å². The van der Waals surface area contributed by atoms with Gasteiger partial charge in [-0.15, -0.1) is 0 Å². The first-order valence-electron chi connectivity index (χ1n) is 10.6. The number of carbonyl (C=O) groups excluding carboxylic acids is 1. The van der Waals surface area contributed by atoms with Gasteiger partial charge in [-0.2, -0.15) is 0 Å². The van der Waals surface area contributed by atoms with Gasteiger partial charge in [0, 0.05) is 37.8 Å². The lowest BCUT2D eigenvalue weighted by molar-refractivity contribution is 0.0755. The summed E-state index contributed by atoms with van der Waals surface area (Å²) in [6, 6.07) is 15.7. The van der Waals surface area contributed by atoms with Crippen molar-refractivity contribution in [1.82, 2.24) is 9.80 Å². The minimum absolute atomic E-state index is 0.132. The highest BCUT2D eigenvalue weighted by molar-refractivity contribution is 5.94. The summed E-state index contributed by atoms with van der Waals surface area (Å²) in [5.74, 6) is 0.387. The van der Waals surface area contributed by atoms with Crippen molar-refractivity contribution in [3.63, 3.8) is 0 Å². The van der Waals surface area contributed by atoms with E-state index >= 15 is 0 Å². The van der Waals surface area contributed by atoms with Gasteiger partial charge in [-0.1, -0.05) is 43.5 Å². The molecule has 4 heteroatoms. The Bertz CT molecular complexity index is 797. The monoisotopic (exact) mass is 378 g/mol. The van der Waals surface area contributed by atoms with Crippen LogP contribution in [0.5, 0.6) is 5.75 Å². The summed E-state index contributed by atoms with van der Waals surface area (Å²) in [6.07, 6.45) is 7.80. The van der Waals surface area contributed by atoms with Gasteiger partial charge in [0.1, 0.15) is 5.75 Å². The Morgan fingerprint density at radius 1 is 0.821 bits per heavy atom. The van der Waals surface area contributed by atoms with Crippen molar-refractivity contribution in [3.8, 4) is 16.9 Å². The molecule has 4 nitrogen and oxygen atoms in total. The van der Waals surface area contributed by atoms with Crippen molar-refractivity contribution in [2.24, 2.45) is 0 Å². The number of hydrogen-bond donors (Lipinski definition) is 1. The van der Waals surface area contributed by atoms with Gasteiger partial charge in [-0.25, -0.2) is 0 Å². The van der Waals surface area contributed by atoms with Crippen molar-refractivity contribution in [1.29, 1.82) is 0 Å². The Morgan fingerprint density at radius 2 is 1.61 bits per heavy atom. The largest absolute Gasteiger partial charge is 0.508 e. The van der Waals surface area contributed by atoms with Crippen LogP contribution in [0.2, 0.25) is 0 Å². The minimum Gasteiger partial charge on any atom is -0.508 e. The number of benzene rings is 2. The van der Waals surface area contributed by atoms with Crippen LogP contribution in [0.25, 0.3) is 11.1 Å². The summed E-state index contributed by atoms with van der Waals surface area (Å²) in [5.41, 5.74) is 2.71. The minimum atomic E-state index is 0.132. The molecule has 4 rings (SSSR count). The van der Waals surface area contributed by atoms with Crippen LogP contribution in [-0.4, -0.2) is 53.0 Å². The third-order valence-corrected chi connectivity index (χ3v) is 6.22. The van der Waals surface area contributed by atoms with Crippen LogP contribution in [0.4, 0.5) is 0 Å². The zero-order valence-electron chi connectivity index (χ0n) is 16.5. The summed E-state index contributed by atoms with van der Waals surface area (Å²) >= 11 is 0. The summed E-state index contributed by atoms with van der Waals surface area (Å²) in [4.78, 5) is 17.6. The zero-order chi connectivity index (χ0) is 19.3. The number of aromatic hydroxyl groups is 1. The fourth-order valence-electron chi connectivity index (χ4n) is 4.63. The highest BCUT2D eigenvalue weighted by Crippen LogP contribution is 2.25. The molecule has 2 aromatic carbocycles. The fourth-order valence-corrected chi connectivity index (χ4v) is 4.63. The molecule has 1 saturated carbocycles. The van der Waals surface area contributed by atoms with E-state index in [1.54, 1.807) is 12.1 Å². The van der Waals surface area contributed by atoms with Crippen molar-refractivity contribution < 1.29 is 9.90 Å². The summed E-state index contributed by atoms with van der Waals surface area (Å²) < 4.78 is 0. The van der Waals surface area contributed by atoms with E-state index in [0.717, 1.165) is 55.3 Å². The second kappa shape index (κ2) is 8.78. The smallest absolute Gasteiger partial charge is 0.253 e. The summed E-state index contributed by atoms with van der Waals surface area (Å²) in [5, 5.41) is 9.66. The molecule has 0 radical (unpaired) electrons.